The first-order valence-corrected chi connectivity index (χ1v) is 9.93. The molecule has 2 aromatic rings. The molecule has 1 atom stereocenters. The molecular formula is C24H27N3O2. The van der Waals surface area contributed by atoms with E-state index in [1.54, 1.807) is 29.2 Å². The molecular weight excluding hydrogens is 362 g/mol. The lowest BCUT2D eigenvalue weighted by Crippen LogP contribution is -2.39. The molecule has 0 radical (unpaired) electrons. The summed E-state index contributed by atoms with van der Waals surface area (Å²) >= 11 is 0. The summed E-state index contributed by atoms with van der Waals surface area (Å²) in [7, 11) is 0. The molecule has 1 N–H and O–H groups in total. The van der Waals surface area contributed by atoms with Crippen LogP contribution in [0.4, 0.5) is 5.69 Å². The number of carbonyl (C=O) groups is 2. The van der Waals surface area contributed by atoms with Crippen molar-refractivity contribution in [1.29, 1.82) is 5.26 Å². The largest absolute Gasteiger partial charge is 0.327 e. The Morgan fingerprint density at radius 1 is 1.10 bits per heavy atom. The maximum absolute atomic E-state index is 12.8. The summed E-state index contributed by atoms with van der Waals surface area (Å²) in [5, 5.41) is 11.9. The minimum Gasteiger partial charge on any atom is -0.327 e. The smallest absolute Gasteiger partial charge is 0.313 e. The van der Waals surface area contributed by atoms with Crippen molar-refractivity contribution in [3.63, 3.8) is 0 Å². The number of nitriles is 1. The van der Waals surface area contributed by atoms with Gasteiger partial charge in [0.25, 0.3) is 0 Å². The number of carbonyl (C=O) groups excluding carboxylic acids is 2. The van der Waals surface area contributed by atoms with Gasteiger partial charge in [-0.15, -0.1) is 0 Å². The summed E-state index contributed by atoms with van der Waals surface area (Å²) in [5.41, 5.74) is 4.20. The highest BCUT2D eigenvalue weighted by atomic mass is 16.2. The Morgan fingerprint density at radius 3 is 2.31 bits per heavy atom. The van der Waals surface area contributed by atoms with Gasteiger partial charge in [-0.3, -0.25) is 9.59 Å². The molecule has 1 aliphatic heterocycles. The van der Waals surface area contributed by atoms with Crippen LogP contribution >= 0.6 is 0 Å². The van der Waals surface area contributed by atoms with E-state index in [9.17, 15) is 14.9 Å². The number of benzene rings is 2. The second kappa shape index (κ2) is 8.08. The van der Waals surface area contributed by atoms with Gasteiger partial charge >= 0.3 is 11.8 Å². The first-order chi connectivity index (χ1) is 13.7. The number of nitrogens with one attached hydrogen (secondary N) is 1. The molecule has 1 heterocycles. The zero-order valence-corrected chi connectivity index (χ0v) is 17.5. The first-order valence-electron chi connectivity index (χ1n) is 9.93. The van der Waals surface area contributed by atoms with Gasteiger partial charge in [0.1, 0.15) is 0 Å². The van der Waals surface area contributed by atoms with Crippen LogP contribution in [0.15, 0.2) is 42.5 Å². The molecule has 5 heteroatoms. The van der Waals surface area contributed by atoms with Crippen LogP contribution in [0.2, 0.25) is 0 Å². The van der Waals surface area contributed by atoms with Crippen molar-refractivity contribution < 1.29 is 9.59 Å². The Kier molecular flexibility index (Phi) is 5.74. The summed E-state index contributed by atoms with van der Waals surface area (Å²) in [6.45, 7) is 8.34. The Labute approximate surface area is 172 Å². The van der Waals surface area contributed by atoms with Gasteiger partial charge in [-0.25, -0.2) is 0 Å². The lowest BCUT2D eigenvalue weighted by molar-refractivity contribution is -0.143. The van der Waals surface area contributed by atoms with Gasteiger partial charge in [0.15, 0.2) is 0 Å². The summed E-state index contributed by atoms with van der Waals surface area (Å²) in [6.07, 6.45) is 1.74. The Morgan fingerprint density at radius 2 is 1.72 bits per heavy atom. The van der Waals surface area contributed by atoms with Gasteiger partial charge in [-0.2, -0.15) is 5.26 Å². The van der Waals surface area contributed by atoms with Crippen LogP contribution in [-0.2, 0) is 15.0 Å². The van der Waals surface area contributed by atoms with Crippen LogP contribution in [0.5, 0.6) is 0 Å². The van der Waals surface area contributed by atoms with Crippen molar-refractivity contribution in [1.82, 2.24) is 4.90 Å². The van der Waals surface area contributed by atoms with E-state index in [0.29, 0.717) is 12.2 Å². The minimum atomic E-state index is -0.631. The molecule has 1 saturated heterocycles. The van der Waals surface area contributed by atoms with Gasteiger partial charge in [0.05, 0.1) is 17.5 Å². The fraction of sp³-hybridized carbons (Fsp3) is 0.375. The second-order valence-corrected chi connectivity index (χ2v) is 8.35. The molecule has 29 heavy (non-hydrogen) atoms. The molecule has 2 aromatic carbocycles. The minimum absolute atomic E-state index is 0.0642. The third-order valence-corrected chi connectivity index (χ3v) is 5.48. The summed E-state index contributed by atoms with van der Waals surface area (Å²) in [4.78, 5) is 27.1. The average molecular weight is 389 g/mol. The predicted molar refractivity (Wildman–Crippen MR) is 113 cm³/mol. The fourth-order valence-electron chi connectivity index (χ4n) is 3.91. The lowest BCUT2D eigenvalue weighted by Gasteiger charge is -2.25. The zero-order chi connectivity index (χ0) is 21.2. The van der Waals surface area contributed by atoms with Gasteiger partial charge < -0.3 is 10.2 Å². The third-order valence-electron chi connectivity index (χ3n) is 5.48. The normalized spacial score (nSPS) is 16.4. The van der Waals surface area contributed by atoms with Gasteiger partial charge in [-0.05, 0) is 63.8 Å². The highest BCUT2D eigenvalue weighted by Crippen LogP contribution is 2.33. The van der Waals surface area contributed by atoms with E-state index >= 15 is 0 Å². The van der Waals surface area contributed by atoms with Gasteiger partial charge in [0, 0.05) is 12.2 Å². The molecule has 1 aliphatic rings. The van der Waals surface area contributed by atoms with E-state index in [4.69, 9.17) is 0 Å². The number of anilines is 1. The molecule has 150 valence electrons. The highest BCUT2D eigenvalue weighted by Gasteiger charge is 2.33. The number of nitrogens with zero attached hydrogens (tertiary/aromatic N) is 2. The molecule has 0 saturated carbocycles. The van der Waals surface area contributed by atoms with E-state index in [2.05, 4.69) is 29.6 Å². The number of hydrogen-bond donors (Lipinski definition) is 1. The number of amides is 2. The highest BCUT2D eigenvalue weighted by molar-refractivity contribution is 6.39. The van der Waals surface area contributed by atoms with E-state index in [1.165, 1.54) is 0 Å². The maximum atomic E-state index is 12.8. The first kappa shape index (κ1) is 20.6. The maximum Gasteiger partial charge on any atom is 0.313 e. The van der Waals surface area contributed by atoms with E-state index in [1.807, 2.05) is 27.7 Å². The van der Waals surface area contributed by atoms with E-state index in [0.717, 1.165) is 35.1 Å². The third kappa shape index (κ3) is 4.48. The Bertz CT molecular complexity index is 950. The van der Waals surface area contributed by atoms with Crippen LogP contribution in [0.25, 0.3) is 0 Å². The van der Waals surface area contributed by atoms with Crippen LogP contribution in [0.3, 0.4) is 0 Å². The summed E-state index contributed by atoms with van der Waals surface area (Å²) < 4.78 is 0. The quantitative estimate of drug-likeness (QED) is 0.791. The van der Waals surface area contributed by atoms with Gasteiger partial charge in [-0.1, -0.05) is 41.5 Å². The van der Waals surface area contributed by atoms with Crippen molar-refractivity contribution in [2.75, 3.05) is 11.9 Å². The molecule has 5 nitrogen and oxygen atoms in total. The zero-order valence-electron chi connectivity index (χ0n) is 17.5. The van der Waals surface area contributed by atoms with Crippen LogP contribution < -0.4 is 5.32 Å². The average Bonchev–Trinajstić information content (AvgIpc) is 3.17. The molecule has 0 bridgehead atoms. The predicted octanol–water partition coefficient (Wildman–Crippen LogP) is 4.41. The van der Waals surface area contributed by atoms with Crippen molar-refractivity contribution in [3.8, 4) is 6.07 Å². The van der Waals surface area contributed by atoms with Crippen LogP contribution in [0.1, 0.15) is 55.0 Å². The molecule has 0 spiro atoms. The molecule has 0 aromatic heterocycles. The monoisotopic (exact) mass is 389 g/mol. The molecule has 0 aliphatic carbocycles. The number of likely N-dealkylation sites (tertiary alicyclic amines) is 1. The van der Waals surface area contributed by atoms with E-state index < -0.39 is 17.2 Å². The molecule has 2 amide bonds. The number of rotatable bonds is 3. The number of aryl methyl sites for hydroxylation is 2. The van der Waals surface area contributed by atoms with Crippen molar-refractivity contribution in [2.24, 2.45) is 0 Å². The van der Waals surface area contributed by atoms with Crippen molar-refractivity contribution in [3.05, 3.63) is 64.7 Å². The van der Waals surface area contributed by atoms with E-state index in [-0.39, 0.29) is 6.04 Å². The van der Waals surface area contributed by atoms with Gasteiger partial charge in [0.2, 0.25) is 0 Å². The standard InChI is InChI=1S/C24H27N3O2/c1-16-12-17(2)14-18(13-16)21-6-5-11-27(21)23(29)22(28)26-20-9-7-19(8-10-20)24(3,4)15-25/h7-10,12-14,21H,5-6,11H2,1-4H3,(H,26,28). The Balaban J connectivity index is 1.72. The lowest BCUT2D eigenvalue weighted by atomic mass is 9.86. The molecule has 1 unspecified atom stereocenters. The molecule has 1 fully saturated rings. The fourth-order valence-corrected chi connectivity index (χ4v) is 3.91. The summed E-state index contributed by atoms with van der Waals surface area (Å²) in [6, 6.07) is 15.5. The summed E-state index contributed by atoms with van der Waals surface area (Å²) in [5.74, 6) is -1.14. The van der Waals surface area contributed by atoms with Crippen LogP contribution in [0, 0.1) is 25.2 Å². The second-order valence-electron chi connectivity index (χ2n) is 8.35. The van der Waals surface area contributed by atoms with Crippen molar-refractivity contribution >= 4 is 17.5 Å². The number of hydrogen-bond acceptors (Lipinski definition) is 3. The topological polar surface area (TPSA) is 73.2 Å². The van der Waals surface area contributed by atoms with Crippen molar-refractivity contribution in [2.45, 2.75) is 52.0 Å². The SMILES string of the molecule is Cc1cc(C)cc(C2CCCN2C(=O)C(=O)Nc2ccc(C(C)(C)C#N)cc2)c1. The molecule has 3 rings (SSSR count). The van der Waals surface area contributed by atoms with Crippen LogP contribution in [-0.4, -0.2) is 23.3 Å². The Hall–Kier alpha value is -3.13.